The predicted octanol–water partition coefficient (Wildman–Crippen LogP) is 4.31. The molecule has 4 rings (SSSR count). The molecule has 2 heterocycles. The molecule has 29 heavy (non-hydrogen) atoms. The van der Waals surface area contributed by atoms with Crippen LogP contribution in [0, 0.1) is 12.3 Å². The van der Waals surface area contributed by atoms with Gasteiger partial charge in [-0.05, 0) is 60.7 Å². The largest absolute Gasteiger partial charge is 0.486 e. The number of likely N-dealkylation sites (tertiary alicyclic amines) is 1. The first-order valence-corrected chi connectivity index (χ1v) is 10.3. The Balaban J connectivity index is 1.53. The molecule has 2 aliphatic rings. The van der Waals surface area contributed by atoms with E-state index >= 15 is 0 Å². The highest BCUT2D eigenvalue weighted by Gasteiger charge is 2.27. The molecule has 0 aromatic heterocycles. The number of nitrogens with zero attached hydrogens (tertiary/aromatic N) is 1. The summed E-state index contributed by atoms with van der Waals surface area (Å²) in [6, 6.07) is 13.3. The van der Waals surface area contributed by atoms with Crippen LogP contribution in [-0.4, -0.2) is 37.9 Å². The number of hydrogen-bond acceptors (Lipinski definition) is 5. The van der Waals surface area contributed by atoms with Crippen LogP contribution in [0.25, 0.3) is 5.57 Å². The number of allylic oxidation sites excluding steroid dienone is 1. The van der Waals surface area contributed by atoms with E-state index in [0.29, 0.717) is 19.3 Å². The van der Waals surface area contributed by atoms with Crippen molar-refractivity contribution in [3.63, 3.8) is 0 Å². The lowest BCUT2D eigenvalue weighted by atomic mass is 9.99. The minimum Gasteiger partial charge on any atom is -0.486 e. The Bertz CT molecular complexity index is 922. The summed E-state index contributed by atoms with van der Waals surface area (Å²) >= 11 is 0. The second-order valence-electron chi connectivity index (χ2n) is 7.71. The van der Waals surface area contributed by atoms with E-state index in [1.54, 1.807) is 0 Å². The van der Waals surface area contributed by atoms with Crippen molar-refractivity contribution in [1.29, 1.82) is 5.41 Å². The van der Waals surface area contributed by atoms with E-state index in [1.165, 1.54) is 35.7 Å². The molecule has 0 spiro atoms. The summed E-state index contributed by atoms with van der Waals surface area (Å²) in [7, 11) is 1.86. The number of benzene rings is 2. The van der Waals surface area contributed by atoms with Gasteiger partial charge in [0.25, 0.3) is 0 Å². The number of ether oxygens (including phenoxy) is 2. The zero-order chi connectivity index (χ0) is 20.2. The lowest BCUT2D eigenvalue weighted by Gasteiger charge is -2.27. The van der Waals surface area contributed by atoms with Gasteiger partial charge in [-0.3, -0.25) is 4.90 Å². The van der Waals surface area contributed by atoms with Crippen LogP contribution in [0.1, 0.15) is 41.1 Å². The molecule has 0 radical (unpaired) electrons. The van der Waals surface area contributed by atoms with E-state index < -0.39 is 0 Å². The van der Waals surface area contributed by atoms with Crippen molar-refractivity contribution >= 4 is 11.8 Å². The minimum atomic E-state index is 0.409. The van der Waals surface area contributed by atoms with Crippen LogP contribution in [0.4, 0.5) is 0 Å². The highest BCUT2D eigenvalue weighted by molar-refractivity contribution is 6.08. The molecule has 1 saturated heterocycles. The predicted molar refractivity (Wildman–Crippen MR) is 117 cm³/mol. The number of nitrogens with one attached hydrogen (secondary N) is 2. The Morgan fingerprint density at radius 2 is 2.00 bits per heavy atom. The fourth-order valence-electron chi connectivity index (χ4n) is 4.30. The maximum absolute atomic E-state index is 7.63. The van der Waals surface area contributed by atoms with Crippen molar-refractivity contribution in [2.24, 2.45) is 0 Å². The van der Waals surface area contributed by atoms with E-state index in [1.807, 2.05) is 19.3 Å². The molecule has 1 atom stereocenters. The Morgan fingerprint density at radius 3 is 2.76 bits per heavy atom. The van der Waals surface area contributed by atoms with Crippen molar-refractivity contribution in [3.8, 4) is 11.5 Å². The van der Waals surface area contributed by atoms with Crippen LogP contribution in [0.2, 0.25) is 0 Å². The third-order valence-corrected chi connectivity index (χ3v) is 5.82. The highest BCUT2D eigenvalue weighted by atomic mass is 16.6. The van der Waals surface area contributed by atoms with Gasteiger partial charge in [-0.2, -0.15) is 0 Å². The number of fused-ring (bicyclic) bond motifs is 1. The average Bonchev–Trinajstić information content (AvgIpc) is 3.21. The maximum Gasteiger partial charge on any atom is 0.161 e. The van der Waals surface area contributed by atoms with Gasteiger partial charge in [0.15, 0.2) is 11.5 Å². The molecule has 0 aliphatic carbocycles. The topological polar surface area (TPSA) is 57.6 Å². The molecule has 5 heteroatoms. The van der Waals surface area contributed by atoms with Crippen molar-refractivity contribution in [2.75, 3.05) is 26.8 Å². The van der Waals surface area contributed by atoms with E-state index in [2.05, 4.69) is 47.5 Å². The van der Waals surface area contributed by atoms with Gasteiger partial charge in [0.1, 0.15) is 13.2 Å². The number of rotatable bonds is 6. The molecule has 0 bridgehead atoms. The van der Waals surface area contributed by atoms with Gasteiger partial charge >= 0.3 is 0 Å². The van der Waals surface area contributed by atoms with Gasteiger partial charge in [-0.25, -0.2) is 0 Å². The highest BCUT2D eigenvalue weighted by Crippen LogP contribution is 2.38. The second kappa shape index (κ2) is 8.70. The third-order valence-electron chi connectivity index (χ3n) is 5.82. The molecule has 2 aromatic rings. The van der Waals surface area contributed by atoms with Crippen molar-refractivity contribution in [1.82, 2.24) is 10.2 Å². The standard InChI is InChI=1S/C24H29N3O2/c1-17-12-18(21(14-25)15-26-2)5-6-20(17)16-27-9-3-4-22(27)19-7-8-23-24(13-19)29-11-10-28-23/h5-8,12-15,22,25-26H,3-4,9-11,16H2,1-2H3/b21-15+,25-14?. The Hall–Kier alpha value is -2.79. The summed E-state index contributed by atoms with van der Waals surface area (Å²) in [5.74, 6) is 1.73. The van der Waals surface area contributed by atoms with Gasteiger partial charge in [0.05, 0.1) is 0 Å². The van der Waals surface area contributed by atoms with Gasteiger partial charge < -0.3 is 20.2 Å². The van der Waals surface area contributed by atoms with Crippen molar-refractivity contribution in [2.45, 2.75) is 32.4 Å². The SMILES string of the molecule is CN/C=C(\C=N)c1ccc(CN2CCCC2c2ccc3c(c2)OCCO3)c(C)c1. The normalized spacial score (nSPS) is 19.2. The smallest absolute Gasteiger partial charge is 0.161 e. The van der Waals surface area contributed by atoms with Gasteiger partial charge in [-0.15, -0.1) is 0 Å². The first-order chi connectivity index (χ1) is 14.2. The first kappa shape index (κ1) is 19.5. The minimum absolute atomic E-state index is 0.409. The van der Waals surface area contributed by atoms with Crippen LogP contribution in [0.5, 0.6) is 11.5 Å². The Morgan fingerprint density at radius 1 is 1.17 bits per heavy atom. The molecule has 1 unspecified atom stereocenters. The quantitative estimate of drug-likeness (QED) is 0.721. The van der Waals surface area contributed by atoms with Crippen LogP contribution >= 0.6 is 0 Å². The summed E-state index contributed by atoms with van der Waals surface area (Å²) in [5.41, 5.74) is 5.87. The summed E-state index contributed by atoms with van der Waals surface area (Å²) in [5, 5.41) is 10.6. The number of aryl methyl sites for hydroxylation is 1. The first-order valence-electron chi connectivity index (χ1n) is 10.3. The van der Waals surface area contributed by atoms with Gasteiger partial charge in [0, 0.05) is 37.6 Å². The lowest BCUT2D eigenvalue weighted by Crippen LogP contribution is -2.23. The summed E-state index contributed by atoms with van der Waals surface area (Å²) in [6.07, 6.45) is 5.63. The van der Waals surface area contributed by atoms with Crippen LogP contribution in [0.3, 0.4) is 0 Å². The van der Waals surface area contributed by atoms with E-state index in [0.717, 1.165) is 35.7 Å². The average molecular weight is 392 g/mol. The van der Waals surface area contributed by atoms with Gasteiger partial charge in [-0.1, -0.05) is 24.3 Å². The second-order valence-corrected chi connectivity index (χ2v) is 7.71. The Kier molecular flexibility index (Phi) is 5.86. The zero-order valence-electron chi connectivity index (χ0n) is 17.2. The fourth-order valence-corrected chi connectivity index (χ4v) is 4.30. The van der Waals surface area contributed by atoms with E-state index in [4.69, 9.17) is 14.9 Å². The molecule has 152 valence electrons. The molecular weight excluding hydrogens is 362 g/mol. The molecule has 2 N–H and O–H groups in total. The maximum atomic E-state index is 7.63. The summed E-state index contributed by atoms with van der Waals surface area (Å²) < 4.78 is 11.5. The molecule has 2 aromatic carbocycles. The van der Waals surface area contributed by atoms with Crippen molar-refractivity contribution in [3.05, 3.63) is 64.9 Å². The molecular formula is C24H29N3O2. The van der Waals surface area contributed by atoms with Crippen LogP contribution in [0.15, 0.2) is 42.6 Å². The Labute approximate surface area is 172 Å². The van der Waals surface area contributed by atoms with Crippen LogP contribution in [-0.2, 0) is 6.54 Å². The molecule has 0 amide bonds. The van der Waals surface area contributed by atoms with Crippen molar-refractivity contribution < 1.29 is 9.47 Å². The molecule has 5 nitrogen and oxygen atoms in total. The number of hydrogen-bond donors (Lipinski definition) is 2. The zero-order valence-corrected chi connectivity index (χ0v) is 17.2. The van der Waals surface area contributed by atoms with Gasteiger partial charge in [0.2, 0.25) is 0 Å². The molecule has 2 aliphatic heterocycles. The fraction of sp³-hybridized carbons (Fsp3) is 0.375. The van der Waals surface area contributed by atoms with Crippen LogP contribution < -0.4 is 14.8 Å². The van der Waals surface area contributed by atoms with E-state index in [-0.39, 0.29) is 0 Å². The monoisotopic (exact) mass is 391 g/mol. The molecule has 0 saturated carbocycles. The summed E-state index contributed by atoms with van der Waals surface area (Å²) in [6.45, 7) is 5.44. The summed E-state index contributed by atoms with van der Waals surface area (Å²) in [4.78, 5) is 2.56. The van der Waals surface area contributed by atoms with E-state index in [9.17, 15) is 0 Å². The third kappa shape index (κ3) is 4.15. The lowest BCUT2D eigenvalue weighted by molar-refractivity contribution is 0.170. The molecule has 1 fully saturated rings.